The molecule has 0 spiro atoms. The first-order valence-electron chi connectivity index (χ1n) is 7.40. The Bertz CT molecular complexity index is 639. The molecule has 0 radical (unpaired) electrons. The van der Waals surface area contributed by atoms with Crippen LogP contribution in [0.2, 0.25) is 0 Å². The number of sulfone groups is 1. The van der Waals surface area contributed by atoms with Crippen molar-refractivity contribution in [2.24, 2.45) is 5.92 Å². The van der Waals surface area contributed by atoms with E-state index in [1.54, 1.807) is 0 Å². The highest BCUT2D eigenvalue weighted by Gasteiger charge is 2.34. The summed E-state index contributed by atoms with van der Waals surface area (Å²) in [4.78, 5) is 12.2. The van der Waals surface area contributed by atoms with E-state index in [0.29, 0.717) is 13.0 Å². The summed E-state index contributed by atoms with van der Waals surface area (Å²) in [6.07, 6.45) is 2.88. The largest absolute Gasteiger partial charge is 0.351 e. The van der Waals surface area contributed by atoms with Gasteiger partial charge in [-0.25, -0.2) is 8.42 Å². The number of aromatic nitrogens is 3. The minimum absolute atomic E-state index is 0.0103. The second-order valence-electron chi connectivity index (χ2n) is 5.84. The molecule has 0 bridgehead atoms. The van der Waals surface area contributed by atoms with Gasteiger partial charge in [-0.2, -0.15) is 0 Å². The molecular formula is C13H20N4O3S. The lowest BCUT2D eigenvalue weighted by Gasteiger charge is -2.26. The average molecular weight is 312 g/mol. The van der Waals surface area contributed by atoms with E-state index in [9.17, 15) is 13.2 Å². The van der Waals surface area contributed by atoms with E-state index in [-0.39, 0.29) is 29.4 Å². The van der Waals surface area contributed by atoms with Crippen molar-refractivity contribution < 1.29 is 13.2 Å². The van der Waals surface area contributed by atoms with Crippen molar-refractivity contribution in [3.63, 3.8) is 0 Å². The molecule has 1 aromatic rings. The molecule has 2 atom stereocenters. The van der Waals surface area contributed by atoms with Crippen LogP contribution < -0.4 is 5.32 Å². The zero-order valence-electron chi connectivity index (χ0n) is 12.1. The van der Waals surface area contributed by atoms with Crippen LogP contribution in [-0.2, 0) is 34.0 Å². The summed E-state index contributed by atoms with van der Waals surface area (Å²) in [5.74, 6) is 1.52. The van der Waals surface area contributed by atoms with E-state index in [2.05, 4.69) is 20.1 Å². The zero-order valence-corrected chi connectivity index (χ0v) is 12.9. The van der Waals surface area contributed by atoms with Gasteiger partial charge in [0.05, 0.1) is 17.4 Å². The van der Waals surface area contributed by atoms with Gasteiger partial charge >= 0.3 is 0 Å². The van der Waals surface area contributed by atoms with Gasteiger partial charge in [-0.3, -0.25) is 4.79 Å². The predicted molar refractivity (Wildman–Crippen MR) is 76.4 cm³/mol. The number of aryl methyl sites for hydroxylation is 2. The number of carbonyl (C=O) groups excluding carboxylic acids is 1. The fraction of sp³-hybridized carbons (Fsp3) is 0.769. The van der Waals surface area contributed by atoms with E-state index >= 15 is 0 Å². The van der Waals surface area contributed by atoms with Crippen molar-refractivity contribution in [3.05, 3.63) is 11.6 Å². The molecule has 2 aliphatic rings. The number of amides is 1. The molecule has 1 aromatic heterocycles. The van der Waals surface area contributed by atoms with E-state index in [1.807, 2.05) is 6.92 Å². The molecule has 0 aliphatic carbocycles. The number of rotatable bonds is 3. The predicted octanol–water partition coefficient (Wildman–Crippen LogP) is -0.294. The van der Waals surface area contributed by atoms with Gasteiger partial charge in [-0.05, 0) is 12.8 Å². The maximum atomic E-state index is 12.2. The summed E-state index contributed by atoms with van der Waals surface area (Å²) in [6, 6.07) is 0.0367. The highest BCUT2D eigenvalue weighted by Crippen LogP contribution is 2.20. The van der Waals surface area contributed by atoms with Crippen molar-refractivity contribution in [2.75, 3.05) is 11.5 Å². The summed E-state index contributed by atoms with van der Waals surface area (Å²) < 4.78 is 25.0. The second kappa shape index (κ2) is 5.40. The standard InChI is InChI=1S/C13H20N4O3S/c1-2-11-15-16-12-4-3-10(7-17(11)12)14-13(18)9-5-6-21(19,20)8-9/h9-10H,2-8H2,1H3,(H,14,18)/t9-,10-/m1/s1. The van der Waals surface area contributed by atoms with E-state index in [1.165, 1.54) is 0 Å². The van der Waals surface area contributed by atoms with Gasteiger partial charge < -0.3 is 9.88 Å². The summed E-state index contributed by atoms with van der Waals surface area (Å²) in [6.45, 7) is 2.71. The third-order valence-electron chi connectivity index (χ3n) is 4.29. The van der Waals surface area contributed by atoms with Crippen molar-refractivity contribution in [2.45, 2.75) is 45.2 Å². The van der Waals surface area contributed by atoms with Crippen LogP contribution >= 0.6 is 0 Å². The van der Waals surface area contributed by atoms with Crippen molar-refractivity contribution in [3.8, 4) is 0 Å². The lowest BCUT2D eigenvalue weighted by atomic mass is 10.0. The van der Waals surface area contributed by atoms with Crippen LogP contribution in [0, 0.1) is 5.92 Å². The van der Waals surface area contributed by atoms with Gasteiger partial charge in [0.1, 0.15) is 11.6 Å². The fourth-order valence-corrected chi connectivity index (χ4v) is 4.82. The van der Waals surface area contributed by atoms with Crippen LogP contribution in [0.4, 0.5) is 0 Å². The summed E-state index contributed by atoms with van der Waals surface area (Å²) in [5.41, 5.74) is 0. The molecule has 0 saturated carbocycles. The van der Waals surface area contributed by atoms with Crippen LogP contribution in [0.15, 0.2) is 0 Å². The Hall–Kier alpha value is -1.44. The zero-order chi connectivity index (χ0) is 15.0. The minimum atomic E-state index is -3.02. The van der Waals surface area contributed by atoms with Crippen LogP contribution in [0.1, 0.15) is 31.4 Å². The lowest BCUT2D eigenvalue weighted by molar-refractivity contribution is -0.125. The second-order valence-corrected chi connectivity index (χ2v) is 8.07. The Balaban J connectivity index is 1.63. The molecule has 1 amide bonds. The van der Waals surface area contributed by atoms with Gasteiger partial charge in [-0.1, -0.05) is 6.92 Å². The Morgan fingerprint density at radius 3 is 2.86 bits per heavy atom. The Kier molecular flexibility index (Phi) is 3.73. The Morgan fingerprint density at radius 1 is 1.38 bits per heavy atom. The molecule has 0 aromatic carbocycles. The third-order valence-corrected chi connectivity index (χ3v) is 6.06. The monoisotopic (exact) mass is 312 g/mol. The number of fused-ring (bicyclic) bond motifs is 1. The SMILES string of the molecule is CCc1nnc2n1C[C@H](NC(=O)[C@@H]1CCS(=O)(=O)C1)CC2. The van der Waals surface area contributed by atoms with Crippen LogP contribution in [0.25, 0.3) is 0 Å². The van der Waals surface area contributed by atoms with Crippen LogP contribution in [-0.4, -0.2) is 46.6 Å². The number of hydrogen-bond acceptors (Lipinski definition) is 5. The maximum absolute atomic E-state index is 12.2. The number of hydrogen-bond donors (Lipinski definition) is 1. The molecule has 116 valence electrons. The Labute approximate surface area is 124 Å². The topological polar surface area (TPSA) is 93.9 Å². The normalized spacial score (nSPS) is 27.3. The van der Waals surface area contributed by atoms with Gasteiger partial charge in [0.15, 0.2) is 9.84 Å². The molecule has 1 fully saturated rings. The first-order valence-corrected chi connectivity index (χ1v) is 9.22. The van der Waals surface area contributed by atoms with Gasteiger partial charge in [-0.15, -0.1) is 10.2 Å². The van der Waals surface area contributed by atoms with Crippen molar-refractivity contribution in [1.29, 1.82) is 0 Å². The first-order chi connectivity index (χ1) is 9.98. The van der Waals surface area contributed by atoms with Crippen molar-refractivity contribution >= 4 is 15.7 Å². The minimum Gasteiger partial charge on any atom is -0.351 e. The molecule has 2 aliphatic heterocycles. The lowest BCUT2D eigenvalue weighted by Crippen LogP contribution is -2.44. The van der Waals surface area contributed by atoms with Crippen LogP contribution in [0.5, 0.6) is 0 Å². The summed E-state index contributed by atoms with van der Waals surface area (Å²) >= 11 is 0. The van der Waals surface area contributed by atoms with E-state index in [4.69, 9.17) is 0 Å². The van der Waals surface area contributed by atoms with Crippen LogP contribution in [0.3, 0.4) is 0 Å². The molecule has 0 unspecified atom stereocenters. The number of carbonyl (C=O) groups is 1. The molecule has 7 nitrogen and oxygen atoms in total. The summed E-state index contributed by atoms with van der Waals surface area (Å²) in [5, 5.41) is 11.3. The molecular weight excluding hydrogens is 292 g/mol. The van der Waals surface area contributed by atoms with Gasteiger partial charge in [0.25, 0.3) is 0 Å². The fourth-order valence-electron chi connectivity index (χ4n) is 3.08. The quantitative estimate of drug-likeness (QED) is 0.827. The van der Waals surface area contributed by atoms with E-state index in [0.717, 1.165) is 30.9 Å². The van der Waals surface area contributed by atoms with Gasteiger partial charge in [0, 0.05) is 25.4 Å². The summed E-state index contributed by atoms with van der Waals surface area (Å²) in [7, 11) is -3.02. The highest BCUT2D eigenvalue weighted by molar-refractivity contribution is 7.91. The third kappa shape index (κ3) is 2.95. The molecule has 3 rings (SSSR count). The highest BCUT2D eigenvalue weighted by atomic mass is 32.2. The van der Waals surface area contributed by atoms with Crippen molar-refractivity contribution in [1.82, 2.24) is 20.1 Å². The molecule has 21 heavy (non-hydrogen) atoms. The van der Waals surface area contributed by atoms with E-state index < -0.39 is 9.84 Å². The average Bonchev–Trinajstić information content (AvgIpc) is 3.01. The molecule has 1 saturated heterocycles. The first kappa shape index (κ1) is 14.5. The van der Waals surface area contributed by atoms with Gasteiger partial charge in [0.2, 0.25) is 5.91 Å². The Morgan fingerprint density at radius 2 is 2.19 bits per heavy atom. The maximum Gasteiger partial charge on any atom is 0.224 e. The molecule has 8 heteroatoms. The molecule has 1 N–H and O–H groups in total. The number of nitrogens with zero attached hydrogens (tertiary/aromatic N) is 3. The molecule has 3 heterocycles. The smallest absolute Gasteiger partial charge is 0.224 e. The number of nitrogens with one attached hydrogen (secondary N) is 1.